The number of carboxylic acid groups (broad SMARTS) is 1. The SMILES string of the molecule is N[C@@H]1CCC[C@]1(F)C(=O)O. The van der Waals surface area contributed by atoms with E-state index in [0.29, 0.717) is 12.8 Å². The fourth-order valence-corrected chi connectivity index (χ4v) is 1.26. The lowest BCUT2D eigenvalue weighted by molar-refractivity contribution is -0.151. The zero-order chi connectivity index (χ0) is 7.78. The third-order valence-electron chi connectivity index (χ3n) is 2.00. The fourth-order valence-electron chi connectivity index (χ4n) is 1.26. The predicted octanol–water partition coefficient (Wildman–Crippen LogP) is 0.290. The van der Waals surface area contributed by atoms with Crippen LogP contribution in [0.1, 0.15) is 19.3 Å². The van der Waals surface area contributed by atoms with Gasteiger partial charge in [0.2, 0.25) is 5.67 Å². The predicted molar refractivity (Wildman–Crippen MR) is 33.3 cm³/mol. The minimum absolute atomic E-state index is 0.0590. The van der Waals surface area contributed by atoms with Gasteiger partial charge in [-0.05, 0) is 19.3 Å². The molecule has 3 N–H and O–H groups in total. The van der Waals surface area contributed by atoms with E-state index in [4.69, 9.17) is 10.8 Å². The van der Waals surface area contributed by atoms with Crippen LogP contribution in [0.2, 0.25) is 0 Å². The fraction of sp³-hybridized carbons (Fsp3) is 0.833. The Labute approximate surface area is 58.0 Å². The van der Waals surface area contributed by atoms with Crippen molar-refractivity contribution >= 4 is 5.97 Å². The quantitative estimate of drug-likeness (QED) is 0.560. The van der Waals surface area contributed by atoms with Gasteiger partial charge in [-0.3, -0.25) is 0 Å². The Morgan fingerprint density at radius 1 is 1.80 bits per heavy atom. The van der Waals surface area contributed by atoms with E-state index in [0.717, 1.165) is 0 Å². The summed E-state index contributed by atoms with van der Waals surface area (Å²) in [6.45, 7) is 0. The minimum atomic E-state index is -2.15. The average Bonchev–Trinajstić information content (AvgIpc) is 2.15. The molecule has 0 radical (unpaired) electrons. The molecule has 0 bridgehead atoms. The van der Waals surface area contributed by atoms with Crippen molar-refractivity contribution < 1.29 is 14.3 Å². The van der Waals surface area contributed by atoms with Crippen LogP contribution in [0, 0.1) is 0 Å². The molecule has 0 unspecified atom stereocenters. The second kappa shape index (κ2) is 2.20. The van der Waals surface area contributed by atoms with E-state index in [9.17, 15) is 9.18 Å². The third kappa shape index (κ3) is 0.883. The summed E-state index contributed by atoms with van der Waals surface area (Å²) in [5.41, 5.74) is 3.11. The largest absolute Gasteiger partial charge is 0.479 e. The van der Waals surface area contributed by atoms with Gasteiger partial charge in [0.15, 0.2) is 0 Å². The van der Waals surface area contributed by atoms with E-state index < -0.39 is 17.7 Å². The van der Waals surface area contributed by atoms with Gasteiger partial charge in [0.25, 0.3) is 0 Å². The molecule has 1 fully saturated rings. The smallest absolute Gasteiger partial charge is 0.343 e. The molecule has 2 atom stereocenters. The summed E-state index contributed by atoms with van der Waals surface area (Å²) in [4.78, 5) is 10.3. The van der Waals surface area contributed by atoms with Gasteiger partial charge in [-0.15, -0.1) is 0 Å². The van der Waals surface area contributed by atoms with Crippen LogP contribution in [0.5, 0.6) is 0 Å². The van der Waals surface area contributed by atoms with E-state index in [2.05, 4.69) is 0 Å². The molecule has 0 spiro atoms. The zero-order valence-electron chi connectivity index (χ0n) is 5.51. The summed E-state index contributed by atoms with van der Waals surface area (Å²) in [5, 5.41) is 8.39. The Bertz CT molecular complexity index is 162. The molecule has 0 saturated heterocycles. The first-order valence-electron chi connectivity index (χ1n) is 3.25. The first-order valence-corrected chi connectivity index (χ1v) is 3.25. The maximum atomic E-state index is 13.1. The number of aliphatic carboxylic acids is 1. The van der Waals surface area contributed by atoms with Crippen LogP contribution in [0.25, 0.3) is 0 Å². The van der Waals surface area contributed by atoms with E-state index in [1.807, 2.05) is 0 Å². The molecule has 58 valence electrons. The highest BCUT2D eigenvalue weighted by atomic mass is 19.1. The van der Waals surface area contributed by atoms with E-state index in [-0.39, 0.29) is 6.42 Å². The van der Waals surface area contributed by atoms with Crippen molar-refractivity contribution in [3.63, 3.8) is 0 Å². The second-order valence-corrected chi connectivity index (χ2v) is 2.67. The summed E-state index contributed by atoms with van der Waals surface area (Å²) in [5.74, 6) is -1.42. The monoisotopic (exact) mass is 147 g/mol. The molecule has 1 saturated carbocycles. The standard InChI is InChI=1S/C6H10FNO2/c7-6(5(9)10)3-1-2-4(6)8/h4H,1-3,8H2,(H,9,10)/t4-,6-/m1/s1. The maximum Gasteiger partial charge on any atom is 0.343 e. The van der Waals surface area contributed by atoms with Crippen LogP contribution < -0.4 is 5.73 Å². The van der Waals surface area contributed by atoms with E-state index >= 15 is 0 Å². The summed E-state index contributed by atoms with van der Waals surface area (Å²) < 4.78 is 13.1. The Hall–Kier alpha value is -0.640. The molecule has 3 nitrogen and oxygen atoms in total. The number of rotatable bonds is 1. The van der Waals surface area contributed by atoms with Crippen molar-refractivity contribution in [1.29, 1.82) is 0 Å². The van der Waals surface area contributed by atoms with E-state index in [1.54, 1.807) is 0 Å². The number of carboxylic acids is 1. The topological polar surface area (TPSA) is 63.3 Å². The van der Waals surface area contributed by atoms with Crippen molar-refractivity contribution in [3.8, 4) is 0 Å². The summed E-state index contributed by atoms with van der Waals surface area (Å²) >= 11 is 0. The lowest BCUT2D eigenvalue weighted by Crippen LogP contribution is -2.46. The van der Waals surface area contributed by atoms with Crippen LogP contribution in [0.15, 0.2) is 0 Å². The highest BCUT2D eigenvalue weighted by Crippen LogP contribution is 2.32. The van der Waals surface area contributed by atoms with Crippen LogP contribution in [-0.2, 0) is 4.79 Å². The van der Waals surface area contributed by atoms with Crippen LogP contribution in [0.4, 0.5) is 4.39 Å². The molecule has 4 heteroatoms. The number of hydrogen-bond donors (Lipinski definition) is 2. The maximum absolute atomic E-state index is 13.1. The Morgan fingerprint density at radius 3 is 2.60 bits per heavy atom. The van der Waals surface area contributed by atoms with Crippen molar-refractivity contribution in [1.82, 2.24) is 0 Å². The van der Waals surface area contributed by atoms with Gasteiger partial charge < -0.3 is 10.8 Å². The van der Waals surface area contributed by atoms with Crippen molar-refractivity contribution in [2.45, 2.75) is 31.0 Å². The van der Waals surface area contributed by atoms with Crippen molar-refractivity contribution in [3.05, 3.63) is 0 Å². The third-order valence-corrected chi connectivity index (χ3v) is 2.00. The van der Waals surface area contributed by atoms with Crippen LogP contribution in [-0.4, -0.2) is 22.8 Å². The summed E-state index contributed by atoms with van der Waals surface area (Å²) in [6, 6.07) is -0.815. The number of nitrogens with two attached hydrogens (primary N) is 1. The number of alkyl halides is 1. The second-order valence-electron chi connectivity index (χ2n) is 2.67. The first kappa shape index (κ1) is 7.47. The van der Waals surface area contributed by atoms with Crippen molar-refractivity contribution in [2.75, 3.05) is 0 Å². The number of carbonyl (C=O) groups is 1. The summed E-state index contributed by atoms with van der Waals surface area (Å²) in [6.07, 6.45) is 1.11. The molecular formula is C6H10FNO2. The lowest BCUT2D eigenvalue weighted by atomic mass is 10.0. The summed E-state index contributed by atoms with van der Waals surface area (Å²) in [7, 11) is 0. The number of halogens is 1. The molecule has 1 aliphatic rings. The average molecular weight is 147 g/mol. The highest BCUT2D eigenvalue weighted by molar-refractivity contribution is 5.78. The number of hydrogen-bond acceptors (Lipinski definition) is 2. The molecule has 1 rings (SSSR count). The Balaban J connectivity index is 2.75. The van der Waals surface area contributed by atoms with Crippen LogP contribution in [0.3, 0.4) is 0 Å². The molecule has 0 heterocycles. The normalized spacial score (nSPS) is 40.0. The molecular weight excluding hydrogens is 137 g/mol. The molecule has 0 aromatic rings. The molecule has 10 heavy (non-hydrogen) atoms. The molecule has 0 aromatic carbocycles. The highest BCUT2D eigenvalue weighted by Gasteiger charge is 2.48. The first-order chi connectivity index (χ1) is 4.57. The molecule has 0 amide bonds. The van der Waals surface area contributed by atoms with Gasteiger partial charge in [0.1, 0.15) is 0 Å². The Morgan fingerprint density at radius 2 is 2.40 bits per heavy atom. The molecule has 1 aliphatic carbocycles. The van der Waals surface area contributed by atoms with Gasteiger partial charge >= 0.3 is 5.97 Å². The minimum Gasteiger partial charge on any atom is -0.479 e. The zero-order valence-corrected chi connectivity index (χ0v) is 5.51. The van der Waals surface area contributed by atoms with Crippen LogP contribution >= 0.6 is 0 Å². The van der Waals surface area contributed by atoms with E-state index in [1.165, 1.54) is 0 Å². The van der Waals surface area contributed by atoms with Gasteiger partial charge in [0, 0.05) is 6.04 Å². The van der Waals surface area contributed by atoms with Gasteiger partial charge in [0.05, 0.1) is 0 Å². The molecule has 0 aliphatic heterocycles. The van der Waals surface area contributed by atoms with Crippen molar-refractivity contribution in [2.24, 2.45) is 5.73 Å². The van der Waals surface area contributed by atoms with Gasteiger partial charge in [-0.2, -0.15) is 0 Å². The lowest BCUT2D eigenvalue weighted by Gasteiger charge is -2.18. The molecule has 0 aromatic heterocycles. The van der Waals surface area contributed by atoms with Gasteiger partial charge in [-0.1, -0.05) is 0 Å². The Kier molecular flexibility index (Phi) is 1.64. The van der Waals surface area contributed by atoms with Gasteiger partial charge in [-0.25, -0.2) is 9.18 Å².